The van der Waals surface area contributed by atoms with E-state index < -0.39 is 0 Å². The Kier molecular flexibility index (Phi) is 10.3. The molecular weight excluding hydrogens is 404 g/mol. The van der Waals surface area contributed by atoms with Crippen LogP contribution in [0, 0.1) is 17.8 Å². The number of aliphatic hydroxyl groups excluding tert-OH is 2. The molecular formula is C27H44O5. The fourth-order valence-electron chi connectivity index (χ4n) is 6.13. The zero-order valence-electron chi connectivity index (χ0n) is 20.0. The summed E-state index contributed by atoms with van der Waals surface area (Å²) >= 11 is 0. The highest BCUT2D eigenvalue weighted by Gasteiger charge is 2.44. The lowest BCUT2D eigenvalue weighted by molar-refractivity contribution is -0.191. The standard InChI is InChI=1S/C26H40O4.CH4O/c1-2-3-4-9-20(30-26-11-5-6-14-29-26)12-13-21-22-15-18-8-7-10-24(27)23(18)16-19(22)17-25(21)28;1-2/h7-8,10,19-22,25-28H,2-6,9,11-17H2,1H3;2H,1H3/t19-,20-,21+,22-,25+,26?;/m0./s1. The van der Waals surface area contributed by atoms with Crippen LogP contribution in [-0.4, -0.2) is 47.5 Å². The van der Waals surface area contributed by atoms with E-state index in [0.29, 0.717) is 23.5 Å². The van der Waals surface area contributed by atoms with Gasteiger partial charge in [0.2, 0.25) is 0 Å². The Morgan fingerprint density at radius 2 is 1.97 bits per heavy atom. The summed E-state index contributed by atoms with van der Waals surface area (Å²) in [6, 6.07) is 5.91. The summed E-state index contributed by atoms with van der Waals surface area (Å²) in [7, 11) is 1.00. The number of ether oxygens (including phenoxy) is 2. The summed E-state index contributed by atoms with van der Waals surface area (Å²) in [5.74, 6) is 1.79. The molecule has 32 heavy (non-hydrogen) atoms. The number of unbranched alkanes of at least 4 members (excludes halogenated alkanes) is 2. The van der Waals surface area contributed by atoms with Crippen LogP contribution in [0.4, 0.5) is 0 Å². The number of fused-ring (bicyclic) bond motifs is 2. The highest BCUT2D eigenvalue weighted by Crippen LogP contribution is 2.48. The second-order valence-electron chi connectivity index (χ2n) is 9.84. The summed E-state index contributed by atoms with van der Waals surface area (Å²) < 4.78 is 12.3. The highest BCUT2D eigenvalue weighted by molar-refractivity contribution is 5.42. The first-order valence-electron chi connectivity index (χ1n) is 12.8. The fraction of sp³-hybridized carbons (Fsp3) is 0.778. The Morgan fingerprint density at radius 3 is 2.72 bits per heavy atom. The van der Waals surface area contributed by atoms with Crippen LogP contribution in [-0.2, 0) is 22.3 Å². The normalized spacial score (nSPS) is 30.1. The number of phenolic OH excluding ortho intramolecular Hbond substituents is 1. The van der Waals surface area contributed by atoms with Crippen LogP contribution in [0.3, 0.4) is 0 Å². The zero-order chi connectivity index (χ0) is 22.9. The van der Waals surface area contributed by atoms with Gasteiger partial charge in [-0.2, -0.15) is 0 Å². The molecule has 182 valence electrons. The Labute approximate surface area is 194 Å². The van der Waals surface area contributed by atoms with E-state index in [2.05, 4.69) is 13.0 Å². The molecule has 4 rings (SSSR count). The van der Waals surface area contributed by atoms with Crippen molar-refractivity contribution >= 4 is 0 Å². The van der Waals surface area contributed by atoms with Crippen LogP contribution in [0.25, 0.3) is 0 Å². The lowest BCUT2D eigenvalue weighted by atomic mass is 9.73. The van der Waals surface area contributed by atoms with Gasteiger partial charge in [-0.25, -0.2) is 0 Å². The molecule has 3 aliphatic rings. The van der Waals surface area contributed by atoms with E-state index in [9.17, 15) is 10.2 Å². The molecule has 0 spiro atoms. The van der Waals surface area contributed by atoms with Gasteiger partial charge >= 0.3 is 0 Å². The maximum atomic E-state index is 10.9. The topological polar surface area (TPSA) is 79.2 Å². The van der Waals surface area contributed by atoms with Crippen molar-refractivity contribution in [2.45, 2.75) is 102 Å². The number of rotatable bonds is 9. The minimum atomic E-state index is -0.223. The summed E-state index contributed by atoms with van der Waals surface area (Å²) in [6.45, 7) is 3.07. The Morgan fingerprint density at radius 1 is 1.12 bits per heavy atom. The Bertz CT molecular complexity index is 672. The van der Waals surface area contributed by atoms with E-state index >= 15 is 0 Å². The van der Waals surface area contributed by atoms with E-state index in [1.165, 1.54) is 31.2 Å². The first-order valence-corrected chi connectivity index (χ1v) is 12.8. The number of aliphatic hydroxyl groups is 2. The third-order valence-corrected chi connectivity index (χ3v) is 7.80. The molecule has 1 aliphatic heterocycles. The van der Waals surface area contributed by atoms with E-state index in [1.807, 2.05) is 6.07 Å². The average Bonchev–Trinajstić information content (AvgIpc) is 3.12. The van der Waals surface area contributed by atoms with Gasteiger partial charge in [0.25, 0.3) is 0 Å². The third-order valence-electron chi connectivity index (χ3n) is 7.80. The first kappa shape index (κ1) is 25.5. The smallest absolute Gasteiger partial charge is 0.157 e. The molecule has 2 fully saturated rings. The molecule has 1 unspecified atom stereocenters. The lowest BCUT2D eigenvalue weighted by Gasteiger charge is -2.33. The van der Waals surface area contributed by atoms with Crippen molar-refractivity contribution in [1.82, 2.24) is 0 Å². The summed E-state index contributed by atoms with van der Waals surface area (Å²) in [6.07, 6.45) is 12.9. The molecule has 2 aliphatic carbocycles. The van der Waals surface area contributed by atoms with E-state index in [-0.39, 0.29) is 18.5 Å². The molecule has 0 radical (unpaired) electrons. The van der Waals surface area contributed by atoms with Gasteiger partial charge in [-0.05, 0) is 92.7 Å². The van der Waals surface area contributed by atoms with Crippen LogP contribution < -0.4 is 0 Å². The molecule has 1 aromatic carbocycles. The summed E-state index contributed by atoms with van der Waals surface area (Å²) in [5, 5.41) is 28.1. The van der Waals surface area contributed by atoms with Gasteiger partial charge in [0.15, 0.2) is 6.29 Å². The molecule has 6 atom stereocenters. The second-order valence-corrected chi connectivity index (χ2v) is 9.84. The number of phenols is 1. The van der Waals surface area contributed by atoms with Gasteiger partial charge in [-0.1, -0.05) is 38.3 Å². The molecule has 0 aromatic heterocycles. The molecule has 1 heterocycles. The number of hydrogen-bond acceptors (Lipinski definition) is 5. The molecule has 1 saturated heterocycles. The van der Waals surface area contributed by atoms with Crippen molar-refractivity contribution in [2.24, 2.45) is 17.8 Å². The maximum absolute atomic E-state index is 10.9. The van der Waals surface area contributed by atoms with Crippen molar-refractivity contribution in [3.8, 4) is 5.75 Å². The quantitative estimate of drug-likeness (QED) is 0.464. The highest BCUT2D eigenvalue weighted by atomic mass is 16.7. The average molecular weight is 449 g/mol. The Balaban J connectivity index is 0.00000141. The minimum Gasteiger partial charge on any atom is -0.508 e. The van der Waals surface area contributed by atoms with E-state index in [1.54, 1.807) is 6.07 Å². The van der Waals surface area contributed by atoms with Crippen LogP contribution in [0.5, 0.6) is 5.75 Å². The van der Waals surface area contributed by atoms with Gasteiger partial charge in [-0.3, -0.25) is 0 Å². The van der Waals surface area contributed by atoms with Gasteiger partial charge in [-0.15, -0.1) is 0 Å². The van der Waals surface area contributed by atoms with Crippen molar-refractivity contribution in [2.75, 3.05) is 13.7 Å². The lowest BCUT2D eigenvalue weighted by Crippen LogP contribution is -2.30. The predicted octanol–water partition coefficient (Wildman–Crippen LogP) is 4.98. The van der Waals surface area contributed by atoms with Gasteiger partial charge in [0, 0.05) is 13.7 Å². The monoisotopic (exact) mass is 448 g/mol. The van der Waals surface area contributed by atoms with E-state index in [0.717, 1.165) is 70.6 Å². The molecule has 5 heteroatoms. The van der Waals surface area contributed by atoms with Crippen LogP contribution in [0.1, 0.15) is 82.3 Å². The zero-order valence-corrected chi connectivity index (χ0v) is 20.0. The second kappa shape index (κ2) is 12.9. The third kappa shape index (κ3) is 6.47. The van der Waals surface area contributed by atoms with Crippen molar-refractivity contribution in [3.63, 3.8) is 0 Å². The molecule has 1 saturated carbocycles. The minimum absolute atomic E-state index is 0.0313. The van der Waals surface area contributed by atoms with Gasteiger partial charge < -0.3 is 24.8 Å². The first-order chi connectivity index (χ1) is 15.7. The van der Waals surface area contributed by atoms with Crippen molar-refractivity contribution < 1.29 is 24.8 Å². The van der Waals surface area contributed by atoms with Gasteiger partial charge in [0.1, 0.15) is 5.75 Å². The predicted molar refractivity (Wildman–Crippen MR) is 127 cm³/mol. The number of benzene rings is 1. The van der Waals surface area contributed by atoms with Crippen LogP contribution in [0.15, 0.2) is 18.2 Å². The molecule has 0 bridgehead atoms. The van der Waals surface area contributed by atoms with Crippen LogP contribution in [0.2, 0.25) is 0 Å². The molecule has 0 amide bonds. The van der Waals surface area contributed by atoms with Crippen LogP contribution >= 0.6 is 0 Å². The summed E-state index contributed by atoms with van der Waals surface area (Å²) in [5.41, 5.74) is 2.39. The molecule has 1 aromatic rings. The molecule has 3 N–H and O–H groups in total. The van der Waals surface area contributed by atoms with E-state index in [4.69, 9.17) is 14.6 Å². The fourth-order valence-corrected chi connectivity index (χ4v) is 6.13. The maximum Gasteiger partial charge on any atom is 0.157 e. The SMILES string of the molecule is CCCCC[C@@H](CC[C@@H]1[C@H]2Cc3cccc(O)c3C[C@H]2C[C@H]1O)OC1CCCCO1.CO. The molecule has 5 nitrogen and oxygen atoms in total. The number of aromatic hydroxyl groups is 1. The summed E-state index contributed by atoms with van der Waals surface area (Å²) in [4.78, 5) is 0. The van der Waals surface area contributed by atoms with Gasteiger partial charge in [0.05, 0.1) is 12.2 Å². The van der Waals surface area contributed by atoms with Crippen molar-refractivity contribution in [3.05, 3.63) is 29.3 Å². The largest absolute Gasteiger partial charge is 0.508 e. The Hall–Kier alpha value is -1.14. The number of hydrogen-bond donors (Lipinski definition) is 3. The van der Waals surface area contributed by atoms with Crippen molar-refractivity contribution in [1.29, 1.82) is 0 Å².